The largest absolute Gasteiger partial charge is 0.371 e. The van der Waals surface area contributed by atoms with Gasteiger partial charge in [0.1, 0.15) is 0 Å². The van der Waals surface area contributed by atoms with Gasteiger partial charge in [0, 0.05) is 19.6 Å². The van der Waals surface area contributed by atoms with Gasteiger partial charge in [0.05, 0.1) is 17.6 Å². The van der Waals surface area contributed by atoms with Crippen LogP contribution >= 0.6 is 0 Å². The second-order valence-corrected chi connectivity index (χ2v) is 6.01. The quantitative estimate of drug-likeness (QED) is 0.733. The first-order chi connectivity index (χ1) is 8.17. The van der Waals surface area contributed by atoms with Gasteiger partial charge in [-0.15, -0.1) is 0 Å². The van der Waals surface area contributed by atoms with Crippen LogP contribution in [0.4, 0.5) is 0 Å². The van der Waals surface area contributed by atoms with E-state index in [1.165, 1.54) is 0 Å². The van der Waals surface area contributed by atoms with Crippen LogP contribution in [-0.4, -0.2) is 49.2 Å². The Labute approximate surface area is 103 Å². The first-order valence-electron chi connectivity index (χ1n) is 6.83. The summed E-state index contributed by atoms with van der Waals surface area (Å²) in [5.41, 5.74) is -0.185. The lowest BCUT2D eigenvalue weighted by atomic mass is 9.81. The van der Waals surface area contributed by atoms with Crippen LogP contribution in [0.15, 0.2) is 0 Å². The molecule has 3 heterocycles. The van der Waals surface area contributed by atoms with Crippen molar-refractivity contribution in [2.75, 3.05) is 26.2 Å². The number of carbonyl (C=O) groups excluding carboxylic acids is 1. The number of amides is 1. The second kappa shape index (κ2) is 4.25. The van der Waals surface area contributed by atoms with E-state index in [2.05, 4.69) is 17.1 Å². The molecule has 0 spiro atoms. The van der Waals surface area contributed by atoms with Gasteiger partial charge in [-0.05, 0) is 39.2 Å². The van der Waals surface area contributed by atoms with Gasteiger partial charge in [-0.1, -0.05) is 0 Å². The Balaban J connectivity index is 1.69. The Morgan fingerprint density at radius 2 is 2.06 bits per heavy atom. The third-order valence-corrected chi connectivity index (χ3v) is 4.44. The number of hydrogen-bond acceptors (Lipinski definition) is 3. The molecule has 0 aromatic carbocycles. The second-order valence-electron chi connectivity index (χ2n) is 6.01. The number of likely N-dealkylation sites (tertiary alicyclic amines) is 1. The molecule has 3 aliphatic heterocycles. The number of ether oxygens (including phenoxy) is 1. The van der Waals surface area contributed by atoms with E-state index in [4.69, 9.17) is 4.74 Å². The maximum absolute atomic E-state index is 12.6. The monoisotopic (exact) mass is 238 g/mol. The Morgan fingerprint density at radius 3 is 2.65 bits per heavy atom. The number of rotatable bonds is 1. The maximum atomic E-state index is 12.6. The molecule has 2 bridgehead atoms. The molecule has 0 aromatic heterocycles. The van der Waals surface area contributed by atoms with Crippen LogP contribution < -0.4 is 5.32 Å². The third kappa shape index (κ3) is 2.08. The Kier molecular flexibility index (Phi) is 2.87. The molecule has 3 unspecified atom stereocenters. The molecule has 0 aromatic rings. The fourth-order valence-corrected chi connectivity index (χ4v) is 3.40. The van der Waals surface area contributed by atoms with Crippen molar-refractivity contribution < 1.29 is 9.53 Å². The standard InChI is InChI=1S/C13H22N2O2/c1-13(5-2-6-14-9-13)12(16)15-7-10-3-4-11(8-15)17-10/h10-11,14H,2-9H2,1H3. The smallest absolute Gasteiger partial charge is 0.229 e. The summed E-state index contributed by atoms with van der Waals surface area (Å²) >= 11 is 0. The minimum Gasteiger partial charge on any atom is -0.371 e. The molecule has 3 atom stereocenters. The zero-order valence-corrected chi connectivity index (χ0v) is 10.6. The van der Waals surface area contributed by atoms with Gasteiger partial charge in [0.2, 0.25) is 5.91 Å². The number of nitrogens with one attached hydrogen (secondary N) is 1. The minimum atomic E-state index is -0.185. The molecule has 96 valence electrons. The highest BCUT2D eigenvalue weighted by atomic mass is 16.5. The molecule has 4 nitrogen and oxygen atoms in total. The summed E-state index contributed by atoms with van der Waals surface area (Å²) in [5, 5.41) is 3.35. The van der Waals surface area contributed by atoms with Gasteiger partial charge >= 0.3 is 0 Å². The van der Waals surface area contributed by atoms with Gasteiger partial charge < -0.3 is 15.0 Å². The lowest BCUT2D eigenvalue weighted by molar-refractivity contribution is -0.150. The molecule has 1 amide bonds. The molecule has 0 radical (unpaired) electrons. The van der Waals surface area contributed by atoms with E-state index in [0.29, 0.717) is 18.1 Å². The maximum Gasteiger partial charge on any atom is 0.229 e. The predicted molar refractivity (Wildman–Crippen MR) is 64.7 cm³/mol. The zero-order valence-electron chi connectivity index (χ0n) is 10.6. The highest BCUT2D eigenvalue weighted by Gasteiger charge is 2.42. The summed E-state index contributed by atoms with van der Waals surface area (Å²) < 4.78 is 5.79. The average Bonchev–Trinajstić information content (AvgIpc) is 2.68. The number of morpholine rings is 1. The Hall–Kier alpha value is -0.610. The van der Waals surface area contributed by atoms with Crippen LogP contribution in [0.3, 0.4) is 0 Å². The average molecular weight is 238 g/mol. The van der Waals surface area contributed by atoms with E-state index in [-0.39, 0.29) is 5.41 Å². The summed E-state index contributed by atoms with van der Waals surface area (Å²) in [6, 6.07) is 0. The number of carbonyl (C=O) groups is 1. The predicted octanol–water partition coefficient (Wildman–Crippen LogP) is 0.766. The Bertz CT molecular complexity index is 301. The number of nitrogens with zero attached hydrogens (tertiary/aromatic N) is 1. The molecule has 4 heteroatoms. The lowest BCUT2D eigenvalue weighted by Gasteiger charge is -2.40. The fourth-order valence-electron chi connectivity index (χ4n) is 3.40. The molecule has 3 saturated heterocycles. The summed E-state index contributed by atoms with van der Waals surface area (Å²) in [5.74, 6) is 0.338. The third-order valence-electron chi connectivity index (χ3n) is 4.44. The Morgan fingerprint density at radius 1 is 1.35 bits per heavy atom. The van der Waals surface area contributed by atoms with E-state index >= 15 is 0 Å². The van der Waals surface area contributed by atoms with Crippen LogP contribution in [0.5, 0.6) is 0 Å². The first kappa shape index (κ1) is 11.5. The number of fused-ring (bicyclic) bond motifs is 2. The molecular weight excluding hydrogens is 216 g/mol. The van der Waals surface area contributed by atoms with Gasteiger partial charge in [-0.25, -0.2) is 0 Å². The van der Waals surface area contributed by atoms with Gasteiger partial charge in [0.15, 0.2) is 0 Å². The molecular formula is C13H22N2O2. The van der Waals surface area contributed by atoms with Gasteiger partial charge in [-0.2, -0.15) is 0 Å². The van der Waals surface area contributed by atoms with Crippen LogP contribution in [0.1, 0.15) is 32.6 Å². The molecule has 17 heavy (non-hydrogen) atoms. The van der Waals surface area contributed by atoms with Crippen LogP contribution in [0, 0.1) is 5.41 Å². The topological polar surface area (TPSA) is 41.6 Å². The number of piperidine rings is 1. The highest BCUT2D eigenvalue weighted by Crippen LogP contribution is 2.32. The van der Waals surface area contributed by atoms with Crippen LogP contribution in [0.2, 0.25) is 0 Å². The van der Waals surface area contributed by atoms with E-state index in [1.54, 1.807) is 0 Å². The van der Waals surface area contributed by atoms with Crippen molar-refractivity contribution in [2.24, 2.45) is 5.41 Å². The molecule has 0 aliphatic carbocycles. The van der Waals surface area contributed by atoms with Crippen molar-refractivity contribution in [3.63, 3.8) is 0 Å². The molecule has 3 aliphatic rings. The van der Waals surface area contributed by atoms with Crippen molar-refractivity contribution in [1.82, 2.24) is 10.2 Å². The SMILES string of the molecule is CC1(C(=O)N2CC3CCC(C2)O3)CCCNC1. The molecule has 1 N–H and O–H groups in total. The van der Waals surface area contributed by atoms with E-state index in [9.17, 15) is 4.79 Å². The summed E-state index contributed by atoms with van der Waals surface area (Å²) in [4.78, 5) is 14.7. The molecule has 3 fully saturated rings. The normalized spacial score (nSPS) is 41.6. The van der Waals surface area contributed by atoms with Crippen molar-refractivity contribution >= 4 is 5.91 Å². The van der Waals surface area contributed by atoms with Crippen molar-refractivity contribution in [1.29, 1.82) is 0 Å². The van der Waals surface area contributed by atoms with Gasteiger partial charge in [0.25, 0.3) is 0 Å². The summed E-state index contributed by atoms with van der Waals surface area (Å²) in [7, 11) is 0. The van der Waals surface area contributed by atoms with E-state index in [0.717, 1.165) is 51.9 Å². The minimum absolute atomic E-state index is 0.185. The van der Waals surface area contributed by atoms with Crippen molar-refractivity contribution in [2.45, 2.75) is 44.8 Å². The van der Waals surface area contributed by atoms with Crippen LogP contribution in [0.25, 0.3) is 0 Å². The zero-order chi connectivity index (χ0) is 11.9. The van der Waals surface area contributed by atoms with E-state index in [1.807, 2.05) is 0 Å². The first-order valence-corrected chi connectivity index (χ1v) is 6.83. The van der Waals surface area contributed by atoms with Gasteiger partial charge in [-0.3, -0.25) is 4.79 Å². The lowest BCUT2D eigenvalue weighted by Crippen LogP contribution is -2.54. The molecule has 0 saturated carbocycles. The summed E-state index contributed by atoms with van der Waals surface area (Å²) in [6.45, 7) is 5.62. The fraction of sp³-hybridized carbons (Fsp3) is 0.923. The summed E-state index contributed by atoms with van der Waals surface area (Å²) in [6.07, 6.45) is 4.99. The highest BCUT2D eigenvalue weighted by molar-refractivity contribution is 5.83. The number of hydrogen-bond donors (Lipinski definition) is 1. The molecule has 3 rings (SSSR count). The van der Waals surface area contributed by atoms with Crippen LogP contribution in [-0.2, 0) is 9.53 Å². The van der Waals surface area contributed by atoms with E-state index < -0.39 is 0 Å². The van der Waals surface area contributed by atoms with Crippen molar-refractivity contribution in [3.8, 4) is 0 Å². The van der Waals surface area contributed by atoms with Crippen molar-refractivity contribution in [3.05, 3.63) is 0 Å².